The van der Waals surface area contributed by atoms with Crippen LogP contribution in [-0.4, -0.2) is 40.9 Å². The zero-order valence-electron chi connectivity index (χ0n) is 8.61. The SMILES string of the molecule is CSC1CCCC1N1CC(N)CC1=O. The van der Waals surface area contributed by atoms with Crippen molar-refractivity contribution in [1.82, 2.24) is 4.90 Å². The number of likely N-dealkylation sites (tertiary alicyclic amines) is 1. The van der Waals surface area contributed by atoms with Crippen molar-refractivity contribution in [3.63, 3.8) is 0 Å². The van der Waals surface area contributed by atoms with Crippen molar-refractivity contribution in [2.75, 3.05) is 12.8 Å². The highest BCUT2D eigenvalue weighted by atomic mass is 32.2. The minimum absolute atomic E-state index is 0.0746. The third-order valence-electron chi connectivity index (χ3n) is 3.31. The molecule has 1 heterocycles. The average molecular weight is 214 g/mol. The van der Waals surface area contributed by atoms with Gasteiger partial charge in [-0.25, -0.2) is 0 Å². The summed E-state index contributed by atoms with van der Waals surface area (Å²) in [6, 6.07) is 0.539. The number of carbonyl (C=O) groups excluding carboxylic acids is 1. The van der Waals surface area contributed by atoms with Crippen LogP contribution in [0.15, 0.2) is 0 Å². The maximum Gasteiger partial charge on any atom is 0.224 e. The van der Waals surface area contributed by atoms with E-state index in [1.165, 1.54) is 19.3 Å². The molecule has 3 nitrogen and oxygen atoms in total. The van der Waals surface area contributed by atoms with Gasteiger partial charge in [-0.15, -0.1) is 0 Å². The first-order valence-corrected chi connectivity index (χ1v) is 6.59. The summed E-state index contributed by atoms with van der Waals surface area (Å²) in [6.45, 7) is 0.778. The highest BCUT2D eigenvalue weighted by molar-refractivity contribution is 7.99. The van der Waals surface area contributed by atoms with Gasteiger partial charge in [-0.1, -0.05) is 6.42 Å². The molecule has 80 valence electrons. The van der Waals surface area contributed by atoms with E-state index in [0.29, 0.717) is 17.7 Å². The molecule has 0 radical (unpaired) electrons. The fourth-order valence-corrected chi connectivity index (χ4v) is 3.62. The van der Waals surface area contributed by atoms with Crippen LogP contribution in [0.2, 0.25) is 0 Å². The zero-order chi connectivity index (χ0) is 10.1. The number of hydrogen-bond acceptors (Lipinski definition) is 3. The third kappa shape index (κ3) is 1.77. The van der Waals surface area contributed by atoms with Crippen LogP contribution in [0.3, 0.4) is 0 Å². The Bertz CT molecular complexity index is 234. The maximum atomic E-state index is 11.7. The largest absolute Gasteiger partial charge is 0.337 e. The lowest BCUT2D eigenvalue weighted by atomic mass is 10.2. The number of amides is 1. The Hall–Kier alpha value is -0.220. The number of thioether (sulfide) groups is 1. The van der Waals surface area contributed by atoms with E-state index in [1.54, 1.807) is 0 Å². The molecule has 0 spiro atoms. The summed E-state index contributed by atoms with van der Waals surface area (Å²) in [7, 11) is 0. The van der Waals surface area contributed by atoms with E-state index in [9.17, 15) is 4.79 Å². The molecule has 2 N–H and O–H groups in total. The van der Waals surface area contributed by atoms with Crippen LogP contribution < -0.4 is 5.73 Å². The first-order chi connectivity index (χ1) is 6.72. The van der Waals surface area contributed by atoms with E-state index in [4.69, 9.17) is 5.73 Å². The van der Waals surface area contributed by atoms with Crippen LogP contribution in [-0.2, 0) is 4.79 Å². The van der Waals surface area contributed by atoms with Crippen LogP contribution in [0.25, 0.3) is 0 Å². The molecule has 4 heteroatoms. The number of nitrogens with two attached hydrogens (primary N) is 1. The lowest BCUT2D eigenvalue weighted by Gasteiger charge is -2.28. The number of hydrogen-bond donors (Lipinski definition) is 1. The second-order valence-corrected chi connectivity index (χ2v) is 5.36. The monoisotopic (exact) mass is 214 g/mol. The minimum Gasteiger partial charge on any atom is -0.337 e. The van der Waals surface area contributed by atoms with Crippen molar-refractivity contribution in [3.05, 3.63) is 0 Å². The fourth-order valence-electron chi connectivity index (χ4n) is 2.62. The Labute approximate surface area is 89.4 Å². The van der Waals surface area contributed by atoms with Gasteiger partial charge in [0.1, 0.15) is 0 Å². The number of carbonyl (C=O) groups is 1. The summed E-state index contributed by atoms with van der Waals surface area (Å²) in [6.07, 6.45) is 6.38. The molecule has 1 aliphatic heterocycles. The Morgan fingerprint density at radius 1 is 1.50 bits per heavy atom. The van der Waals surface area contributed by atoms with Gasteiger partial charge in [0.15, 0.2) is 0 Å². The molecule has 2 fully saturated rings. The van der Waals surface area contributed by atoms with Gasteiger partial charge in [0.05, 0.1) is 0 Å². The molecule has 0 aromatic heterocycles. The normalized spacial score (nSPS) is 38.3. The van der Waals surface area contributed by atoms with E-state index in [0.717, 1.165) is 6.54 Å². The van der Waals surface area contributed by atoms with Gasteiger partial charge in [0.25, 0.3) is 0 Å². The summed E-state index contributed by atoms with van der Waals surface area (Å²) in [5, 5.41) is 0.643. The van der Waals surface area contributed by atoms with Crippen molar-refractivity contribution in [3.8, 4) is 0 Å². The summed E-state index contributed by atoms with van der Waals surface area (Å²) >= 11 is 1.90. The third-order valence-corrected chi connectivity index (χ3v) is 4.46. The standard InChI is InChI=1S/C10H18N2OS/c1-14-9-4-2-3-8(9)12-6-7(11)5-10(12)13/h7-9H,2-6,11H2,1H3. The van der Waals surface area contributed by atoms with E-state index >= 15 is 0 Å². The van der Waals surface area contributed by atoms with E-state index in [-0.39, 0.29) is 11.9 Å². The average Bonchev–Trinajstić information content (AvgIpc) is 2.71. The molecule has 1 aliphatic carbocycles. The topological polar surface area (TPSA) is 46.3 Å². The summed E-state index contributed by atoms with van der Waals surface area (Å²) in [4.78, 5) is 13.7. The van der Waals surface area contributed by atoms with Crippen LogP contribution in [0.5, 0.6) is 0 Å². The highest BCUT2D eigenvalue weighted by Gasteiger charge is 2.38. The highest BCUT2D eigenvalue weighted by Crippen LogP contribution is 2.33. The Kier molecular flexibility index (Phi) is 3.02. The zero-order valence-corrected chi connectivity index (χ0v) is 9.43. The van der Waals surface area contributed by atoms with Gasteiger partial charge >= 0.3 is 0 Å². The summed E-state index contributed by atoms with van der Waals surface area (Å²) < 4.78 is 0. The van der Waals surface area contributed by atoms with Crippen molar-refractivity contribution < 1.29 is 4.79 Å². The van der Waals surface area contributed by atoms with Crippen LogP contribution in [0.4, 0.5) is 0 Å². The second-order valence-electron chi connectivity index (χ2n) is 4.28. The summed E-state index contributed by atoms with van der Waals surface area (Å²) in [5.41, 5.74) is 5.80. The van der Waals surface area contributed by atoms with Crippen LogP contribution >= 0.6 is 11.8 Å². The van der Waals surface area contributed by atoms with E-state index in [2.05, 4.69) is 6.26 Å². The molecule has 1 saturated heterocycles. The van der Waals surface area contributed by atoms with Gasteiger partial charge in [-0.2, -0.15) is 11.8 Å². The molecule has 14 heavy (non-hydrogen) atoms. The molecular weight excluding hydrogens is 196 g/mol. The predicted octanol–water partition coefficient (Wildman–Crippen LogP) is 0.830. The minimum atomic E-state index is 0.0746. The molecule has 1 amide bonds. The molecule has 0 aromatic carbocycles. The lowest BCUT2D eigenvalue weighted by Crippen LogP contribution is -2.41. The van der Waals surface area contributed by atoms with E-state index in [1.807, 2.05) is 16.7 Å². The second kappa shape index (κ2) is 4.11. The molecule has 3 unspecified atom stereocenters. The van der Waals surface area contributed by atoms with Crippen molar-refractivity contribution in [2.24, 2.45) is 5.73 Å². The van der Waals surface area contributed by atoms with Gasteiger partial charge < -0.3 is 10.6 Å². The van der Waals surface area contributed by atoms with Gasteiger partial charge in [0.2, 0.25) is 5.91 Å². The lowest BCUT2D eigenvalue weighted by molar-refractivity contribution is -0.129. The maximum absolute atomic E-state index is 11.7. The molecule has 0 aromatic rings. The molecular formula is C10H18N2OS. The van der Waals surface area contributed by atoms with Gasteiger partial charge in [-0.3, -0.25) is 4.79 Å². The van der Waals surface area contributed by atoms with Crippen LogP contribution in [0, 0.1) is 0 Å². The Morgan fingerprint density at radius 3 is 2.86 bits per heavy atom. The summed E-state index contributed by atoms with van der Waals surface area (Å²) in [5.74, 6) is 0.267. The predicted molar refractivity (Wildman–Crippen MR) is 59.2 cm³/mol. The number of nitrogens with zero attached hydrogens (tertiary/aromatic N) is 1. The molecule has 1 saturated carbocycles. The van der Waals surface area contributed by atoms with Gasteiger partial charge in [-0.05, 0) is 19.1 Å². The molecule has 3 atom stereocenters. The quantitative estimate of drug-likeness (QED) is 0.740. The number of rotatable bonds is 2. The Balaban J connectivity index is 2.03. The van der Waals surface area contributed by atoms with Crippen molar-refractivity contribution in [1.29, 1.82) is 0 Å². The van der Waals surface area contributed by atoms with E-state index < -0.39 is 0 Å². The van der Waals surface area contributed by atoms with Crippen LogP contribution in [0.1, 0.15) is 25.7 Å². The molecule has 0 bridgehead atoms. The smallest absolute Gasteiger partial charge is 0.224 e. The first-order valence-electron chi connectivity index (χ1n) is 5.30. The van der Waals surface area contributed by atoms with Crippen molar-refractivity contribution in [2.45, 2.75) is 43.0 Å². The van der Waals surface area contributed by atoms with Gasteiger partial charge in [0, 0.05) is 30.3 Å². The fraction of sp³-hybridized carbons (Fsp3) is 0.900. The molecule has 2 rings (SSSR count). The Morgan fingerprint density at radius 2 is 2.29 bits per heavy atom. The molecule has 2 aliphatic rings. The van der Waals surface area contributed by atoms with Crippen molar-refractivity contribution >= 4 is 17.7 Å². The first kappa shape index (κ1) is 10.3.